The first-order valence-corrected chi connectivity index (χ1v) is 5.44. The minimum atomic E-state index is -0.997. The van der Waals surface area contributed by atoms with Gasteiger partial charge in [0.2, 0.25) is 0 Å². The minimum absolute atomic E-state index is 0.128. The second kappa shape index (κ2) is 6.18. The maximum absolute atomic E-state index is 12.9. The van der Waals surface area contributed by atoms with E-state index in [2.05, 4.69) is 5.32 Å². The lowest BCUT2D eigenvalue weighted by molar-refractivity contribution is -0.127. The maximum Gasteiger partial charge on any atom is 0.260 e. The summed E-state index contributed by atoms with van der Waals surface area (Å²) in [5, 5.41) is 2.65. The molecule has 0 saturated heterocycles. The quantitative estimate of drug-likeness (QED) is 0.861. The summed E-state index contributed by atoms with van der Waals surface area (Å²) in [6, 6.07) is 3.16. The Kier molecular flexibility index (Phi) is 4.87. The zero-order valence-corrected chi connectivity index (χ0v) is 9.80. The zero-order chi connectivity index (χ0) is 12.8. The van der Waals surface area contributed by atoms with Crippen molar-refractivity contribution < 1.29 is 18.3 Å². The Labute approximate surface area is 98.8 Å². The molecule has 94 valence electrons. The number of carbonyl (C=O) groups is 1. The molecular formula is C12H15F2NO2. The van der Waals surface area contributed by atoms with Gasteiger partial charge in [0.05, 0.1) is 0 Å². The highest BCUT2D eigenvalue weighted by molar-refractivity contribution is 5.80. The molecule has 0 aliphatic heterocycles. The van der Waals surface area contributed by atoms with Crippen LogP contribution in [0.4, 0.5) is 8.78 Å². The molecule has 0 radical (unpaired) electrons. The van der Waals surface area contributed by atoms with Gasteiger partial charge in [0, 0.05) is 12.6 Å². The van der Waals surface area contributed by atoms with E-state index in [1.54, 1.807) is 6.92 Å². The van der Waals surface area contributed by atoms with Crippen molar-refractivity contribution in [2.24, 2.45) is 0 Å². The monoisotopic (exact) mass is 243 g/mol. The predicted octanol–water partition coefficient (Wildman–Crippen LogP) is 2.26. The van der Waals surface area contributed by atoms with Crippen molar-refractivity contribution in [3.05, 3.63) is 29.8 Å². The molecule has 0 heterocycles. The van der Waals surface area contributed by atoms with Crippen LogP contribution in [0.5, 0.6) is 5.75 Å². The van der Waals surface area contributed by atoms with Crippen LogP contribution >= 0.6 is 0 Å². The van der Waals surface area contributed by atoms with Gasteiger partial charge in [-0.25, -0.2) is 8.78 Å². The molecule has 1 amide bonds. The third-order valence-electron chi connectivity index (χ3n) is 2.12. The van der Waals surface area contributed by atoms with Crippen molar-refractivity contribution in [2.45, 2.75) is 26.4 Å². The lowest BCUT2D eigenvalue weighted by atomic mass is 10.3. The van der Waals surface area contributed by atoms with E-state index in [9.17, 15) is 13.6 Å². The fourth-order valence-corrected chi connectivity index (χ4v) is 1.20. The summed E-state index contributed by atoms with van der Waals surface area (Å²) >= 11 is 0. The Bertz CT molecular complexity index is 396. The number of hydrogen-bond donors (Lipinski definition) is 1. The Morgan fingerprint density at radius 2 is 2.12 bits per heavy atom. The summed E-state index contributed by atoms with van der Waals surface area (Å²) in [7, 11) is 0. The standard InChI is InChI=1S/C12H15F2NO2/c1-3-6-15-12(16)8(2)17-9-4-5-10(13)11(14)7-9/h4-5,7-8H,3,6H2,1-2H3,(H,15,16). The van der Waals surface area contributed by atoms with Crippen LogP contribution in [-0.2, 0) is 4.79 Å². The number of carbonyl (C=O) groups excluding carboxylic acids is 1. The molecule has 0 spiro atoms. The first-order chi connectivity index (χ1) is 8.04. The van der Waals surface area contributed by atoms with Crippen molar-refractivity contribution in [1.29, 1.82) is 0 Å². The zero-order valence-electron chi connectivity index (χ0n) is 9.80. The molecule has 0 aliphatic carbocycles. The number of halogens is 2. The fraction of sp³-hybridized carbons (Fsp3) is 0.417. The van der Waals surface area contributed by atoms with Gasteiger partial charge >= 0.3 is 0 Å². The second-order valence-electron chi connectivity index (χ2n) is 3.63. The first-order valence-electron chi connectivity index (χ1n) is 5.44. The molecule has 17 heavy (non-hydrogen) atoms. The van der Waals surface area contributed by atoms with Crippen LogP contribution in [0.3, 0.4) is 0 Å². The van der Waals surface area contributed by atoms with Gasteiger partial charge < -0.3 is 10.1 Å². The molecule has 1 rings (SSSR count). The summed E-state index contributed by atoms with van der Waals surface area (Å²) in [4.78, 5) is 11.5. The van der Waals surface area contributed by atoms with E-state index >= 15 is 0 Å². The number of rotatable bonds is 5. The summed E-state index contributed by atoms with van der Waals surface area (Å²) in [6.07, 6.45) is 0.0790. The summed E-state index contributed by atoms with van der Waals surface area (Å²) in [5.41, 5.74) is 0. The first kappa shape index (κ1) is 13.4. The molecule has 1 aromatic rings. The van der Waals surface area contributed by atoms with E-state index in [0.29, 0.717) is 6.54 Å². The predicted molar refractivity (Wildman–Crippen MR) is 59.7 cm³/mol. The van der Waals surface area contributed by atoms with Crippen LogP contribution < -0.4 is 10.1 Å². The highest BCUT2D eigenvalue weighted by atomic mass is 19.2. The Hall–Kier alpha value is -1.65. The fourth-order valence-electron chi connectivity index (χ4n) is 1.20. The summed E-state index contributed by atoms with van der Waals surface area (Å²) < 4.78 is 30.7. The normalized spacial score (nSPS) is 12.0. The van der Waals surface area contributed by atoms with E-state index in [4.69, 9.17) is 4.74 Å². The molecule has 0 fully saturated rings. The van der Waals surface area contributed by atoms with Crippen molar-refractivity contribution in [1.82, 2.24) is 5.32 Å². The van der Waals surface area contributed by atoms with Crippen LogP contribution in [-0.4, -0.2) is 18.6 Å². The molecule has 1 unspecified atom stereocenters. The van der Waals surface area contributed by atoms with E-state index in [1.807, 2.05) is 6.92 Å². The van der Waals surface area contributed by atoms with Crippen LogP contribution in [0.25, 0.3) is 0 Å². The molecule has 1 aromatic carbocycles. The maximum atomic E-state index is 12.9. The number of amides is 1. The molecular weight excluding hydrogens is 228 g/mol. The van der Waals surface area contributed by atoms with Crippen molar-refractivity contribution in [2.75, 3.05) is 6.54 Å². The molecule has 0 aromatic heterocycles. The Morgan fingerprint density at radius 1 is 1.41 bits per heavy atom. The third kappa shape index (κ3) is 4.01. The van der Waals surface area contributed by atoms with Crippen molar-refractivity contribution >= 4 is 5.91 Å². The van der Waals surface area contributed by atoms with Crippen LogP contribution in [0, 0.1) is 11.6 Å². The number of ether oxygens (including phenoxy) is 1. The van der Waals surface area contributed by atoms with Gasteiger partial charge in [0.1, 0.15) is 5.75 Å². The number of benzene rings is 1. The second-order valence-corrected chi connectivity index (χ2v) is 3.63. The van der Waals surface area contributed by atoms with E-state index in [-0.39, 0.29) is 11.7 Å². The van der Waals surface area contributed by atoms with Gasteiger partial charge in [-0.1, -0.05) is 6.92 Å². The van der Waals surface area contributed by atoms with E-state index in [0.717, 1.165) is 18.6 Å². The highest BCUT2D eigenvalue weighted by Crippen LogP contribution is 2.16. The largest absolute Gasteiger partial charge is 0.481 e. The molecule has 0 aliphatic rings. The van der Waals surface area contributed by atoms with Crippen LogP contribution in [0.1, 0.15) is 20.3 Å². The average Bonchev–Trinajstić information content (AvgIpc) is 2.30. The van der Waals surface area contributed by atoms with E-state index < -0.39 is 17.7 Å². The van der Waals surface area contributed by atoms with E-state index in [1.165, 1.54) is 6.07 Å². The van der Waals surface area contributed by atoms with Crippen LogP contribution in [0.15, 0.2) is 18.2 Å². The van der Waals surface area contributed by atoms with Gasteiger partial charge in [0.25, 0.3) is 5.91 Å². The third-order valence-corrected chi connectivity index (χ3v) is 2.12. The summed E-state index contributed by atoms with van der Waals surface area (Å²) in [5.74, 6) is -2.09. The van der Waals surface area contributed by atoms with Crippen LogP contribution in [0.2, 0.25) is 0 Å². The van der Waals surface area contributed by atoms with Gasteiger partial charge in [0.15, 0.2) is 17.7 Å². The molecule has 1 N–H and O–H groups in total. The van der Waals surface area contributed by atoms with Gasteiger partial charge in [-0.2, -0.15) is 0 Å². The lowest BCUT2D eigenvalue weighted by Crippen LogP contribution is -2.36. The van der Waals surface area contributed by atoms with Gasteiger partial charge in [-0.15, -0.1) is 0 Å². The molecule has 1 atom stereocenters. The van der Waals surface area contributed by atoms with Crippen molar-refractivity contribution in [3.8, 4) is 5.75 Å². The Balaban J connectivity index is 2.58. The molecule has 5 heteroatoms. The smallest absolute Gasteiger partial charge is 0.260 e. The lowest BCUT2D eigenvalue weighted by Gasteiger charge is -2.14. The van der Waals surface area contributed by atoms with Crippen molar-refractivity contribution in [3.63, 3.8) is 0 Å². The molecule has 3 nitrogen and oxygen atoms in total. The number of nitrogens with one attached hydrogen (secondary N) is 1. The van der Waals surface area contributed by atoms with Gasteiger partial charge in [-0.3, -0.25) is 4.79 Å². The molecule has 0 bridgehead atoms. The molecule has 0 saturated carbocycles. The average molecular weight is 243 g/mol. The SMILES string of the molecule is CCCNC(=O)C(C)Oc1ccc(F)c(F)c1. The Morgan fingerprint density at radius 3 is 2.71 bits per heavy atom. The number of hydrogen-bond acceptors (Lipinski definition) is 2. The van der Waals surface area contributed by atoms with Gasteiger partial charge in [-0.05, 0) is 25.5 Å². The highest BCUT2D eigenvalue weighted by Gasteiger charge is 2.14. The summed E-state index contributed by atoms with van der Waals surface area (Å²) in [6.45, 7) is 4.04. The minimum Gasteiger partial charge on any atom is -0.481 e. The topological polar surface area (TPSA) is 38.3 Å².